The number of aliphatic imine (C=N–C) groups is 1. The minimum atomic E-state index is -1.24. The van der Waals surface area contributed by atoms with Gasteiger partial charge in [0.2, 0.25) is 12.2 Å². The molecular weight excluding hydrogens is 352 g/mol. The molecule has 6 nitrogen and oxygen atoms in total. The summed E-state index contributed by atoms with van der Waals surface area (Å²) >= 11 is 6.18. The van der Waals surface area contributed by atoms with Crippen LogP contribution < -0.4 is 21.4 Å². The molecule has 1 atom stereocenters. The van der Waals surface area contributed by atoms with Crippen molar-refractivity contribution in [2.45, 2.75) is 19.0 Å². The number of hydrogen-bond donors (Lipinski definition) is 2. The van der Waals surface area contributed by atoms with Crippen molar-refractivity contribution >= 4 is 35.7 Å². The zero-order valence-electron chi connectivity index (χ0n) is 14.0. The molecule has 1 aliphatic rings. The van der Waals surface area contributed by atoms with E-state index in [1.165, 1.54) is 13.1 Å². The van der Waals surface area contributed by atoms with Crippen LogP contribution in [0.15, 0.2) is 58.5 Å². The topological polar surface area (TPSA) is 82.9 Å². The predicted octanol–water partition coefficient (Wildman–Crippen LogP) is 1.04. The van der Waals surface area contributed by atoms with Gasteiger partial charge in [0.1, 0.15) is 0 Å². The van der Waals surface area contributed by atoms with Crippen LogP contribution >= 0.6 is 11.6 Å². The maximum atomic E-state index is 11.3. The van der Waals surface area contributed by atoms with Crippen LogP contribution in [0.25, 0.3) is 5.70 Å². The van der Waals surface area contributed by atoms with Crippen LogP contribution in [0.1, 0.15) is 18.9 Å². The van der Waals surface area contributed by atoms with E-state index < -0.39 is 5.66 Å². The first-order valence-corrected chi connectivity index (χ1v) is 8.30. The highest BCUT2D eigenvalue weighted by Gasteiger charge is 2.29. The molecule has 0 saturated carbocycles. The molecule has 1 radical (unpaired) electrons. The molecule has 7 heteroatoms. The molecule has 3 rings (SSSR count). The van der Waals surface area contributed by atoms with Crippen molar-refractivity contribution in [3.8, 4) is 0 Å². The van der Waals surface area contributed by atoms with Crippen LogP contribution in [-0.4, -0.2) is 24.1 Å². The molecule has 0 saturated heterocycles. The zero-order valence-corrected chi connectivity index (χ0v) is 14.7. The first kappa shape index (κ1) is 18.0. The largest absolute Gasteiger partial charge is 0.291 e. The fourth-order valence-electron chi connectivity index (χ4n) is 2.60. The number of fused-ring (bicyclic) bond motifs is 1. The summed E-state index contributed by atoms with van der Waals surface area (Å²) < 4.78 is 0. The lowest BCUT2D eigenvalue weighted by atomic mass is 10.1. The summed E-state index contributed by atoms with van der Waals surface area (Å²) in [5.74, 6) is -0.313. The van der Waals surface area contributed by atoms with E-state index in [-0.39, 0.29) is 12.3 Å². The molecule has 2 N–H and O–H groups in total. The molecule has 26 heavy (non-hydrogen) atoms. The second-order valence-electron chi connectivity index (χ2n) is 5.80. The van der Waals surface area contributed by atoms with Gasteiger partial charge in [0.25, 0.3) is 0 Å². The highest BCUT2D eigenvalue weighted by molar-refractivity contribution is 6.30. The van der Waals surface area contributed by atoms with Gasteiger partial charge in [-0.1, -0.05) is 41.9 Å². The maximum absolute atomic E-state index is 11.3. The number of nitrogens with zero attached hydrogens (tertiary/aromatic N) is 2. The van der Waals surface area contributed by atoms with Crippen LogP contribution in [0.3, 0.4) is 0 Å². The molecular formula is C19H16ClN4O2. The fourth-order valence-corrected chi connectivity index (χ4v) is 2.77. The second-order valence-corrected chi connectivity index (χ2v) is 6.23. The lowest BCUT2D eigenvalue weighted by Gasteiger charge is -2.24. The number of rotatable bonds is 5. The quantitative estimate of drug-likeness (QED) is 0.774. The van der Waals surface area contributed by atoms with Gasteiger partial charge in [-0.3, -0.25) is 25.0 Å². The van der Waals surface area contributed by atoms with E-state index in [0.29, 0.717) is 16.1 Å². The van der Waals surface area contributed by atoms with Gasteiger partial charge < -0.3 is 0 Å². The van der Waals surface area contributed by atoms with Crippen molar-refractivity contribution in [3.63, 3.8) is 0 Å². The Morgan fingerprint density at radius 2 is 2.00 bits per heavy atom. The summed E-state index contributed by atoms with van der Waals surface area (Å²) in [7, 11) is 0. The summed E-state index contributed by atoms with van der Waals surface area (Å²) in [6, 6.07) is 14.8. The molecule has 0 fully saturated rings. The Morgan fingerprint density at radius 3 is 2.69 bits per heavy atom. The smallest absolute Gasteiger partial charge is 0.231 e. The molecule has 0 spiro atoms. The Hall–Kier alpha value is -2.83. The number of halogens is 1. The van der Waals surface area contributed by atoms with E-state index in [4.69, 9.17) is 11.6 Å². The Labute approximate surface area is 155 Å². The van der Waals surface area contributed by atoms with E-state index in [0.717, 1.165) is 10.8 Å². The molecule has 1 aliphatic heterocycles. The van der Waals surface area contributed by atoms with Crippen molar-refractivity contribution in [1.82, 2.24) is 10.9 Å². The molecule has 2 aromatic carbocycles. The van der Waals surface area contributed by atoms with Gasteiger partial charge in [-0.15, -0.1) is 0 Å². The summed E-state index contributed by atoms with van der Waals surface area (Å²) in [5, 5.41) is 1.88. The highest BCUT2D eigenvalue weighted by atomic mass is 35.5. The third kappa shape index (κ3) is 3.87. The Balaban J connectivity index is 2.25. The van der Waals surface area contributed by atoms with Crippen LogP contribution in [-0.2, 0) is 9.59 Å². The van der Waals surface area contributed by atoms with Gasteiger partial charge in [0, 0.05) is 28.9 Å². The number of nitrogens with one attached hydrogen (secondary N) is 2. The Kier molecular flexibility index (Phi) is 5.25. The van der Waals surface area contributed by atoms with Gasteiger partial charge in [-0.05, 0) is 18.2 Å². The molecule has 1 unspecified atom stereocenters. The van der Waals surface area contributed by atoms with Gasteiger partial charge in [0.05, 0.1) is 17.5 Å². The summed E-state index contributed by atoms with van der Waals surface area (Å²) in [6.45, 7) is 1.36. The summed E-state index contributed by atoms with van der Waals surface area (Å²) in [6.07, 6.45) is 3.22. The number of hydrogen-bond acceptors (Lipinski definition) is 5. The molecule has 0 aromatic heterocycles. The molecule has 1 heterocycles. The Morgan fingerprint density at radius 1 is 1.23 bits per heavy atom. The highest BCUT2D eigenvalue weighted by Crippen LogP contribution is 2.17. The zero-order chi connectivity index (χ0) is 18.6. The van der Waals surface area contributed by atoms with Gasteiger partial charge in [0.15, 0.2) is 5.66 Å². The van der Waals surface area contributed by atoms with Crippen LogP contribution in [0, 0.1) is 0 Å². The monoisotopic (exact) mass is 367 g/mol. The van der Waals surface area contributed by atoms with Crippen LogP contribution in [0.2, 0.25) is 5.02 Å². The molecule has 0 aliphatic carbocycles. The van der Waals surface area contributed by atoms with Crippen molar-refractivity contribution in [3.05, 3.63) is 69.7 Å². The average molecular weight is 368 g/mol. The number of amides is 1. The minimum absolute atomic E-state index is 0.124. The van der Waals surface area contributed by atoms with E-state index in [2.05, 4.69) is 20.8 Å². The third-order valence-corrected chi connectivity index (χ3v) is 4.02. The second kappa shape index (κ2) is 7.59. The molecule has 1 amide bonds. The van der Waals surface area contributed by atoms with Crippen LogP contribution in [0.4, 0.5) is 0 Å². The lowest BCUT2D eigenvalue weighted by Crippen LogP contribution is -2.55. The minimum Gasteiger partial charge on any atom is -0.291 e. The first-order chi connectivity index (χ1) is 12.5. The number of hydrazine groups is 1. The number of benzene rings is 2. The summed E-state index contributed by atoms with van der Waals surface area (Å²) in [4.78, 5) is 31.6. The SMILES string of the molecule is CC(=O)NNC1(C[C]=O)C=NC(c2ccccc2)=c2cc(Cl)ccc2=N1. The maximum Gasteiger partial charge on any atom is 0.231 e. The number of carbonyl (C=O) groups is 1. The summed E-state index contributed by atoms with van der Waals surface area (Å²) in [5.41, 5.74) is 5.57. The molecule has 2 aromatic rings. The Bertz CT molecular complexity index is 988. The van der Waals surface area contributed by atoms with Crippen LogP contribution in [0.5, 0.6) is 0 Å². The van der Waals surface area contributed by atoms with E-state index in [1.807, 2.05) is 36.6 Å². The average Bonchev–Trinajstić information content (AvgIpc) is 2.78. The first-order valence-electron chi connectivity index (χ1n) is 7.92. The van der Waals surface area contributed by atoms with Crippen molar-refractivity contribution in [2.24, 2.45) is 9.98 Å². The lowest BCUT2D eigenvalue weighted by molar-refractivity contribution is -0.120. The van der Waals surface area contributed by atoms with Crippen molar-refractivity contribution in [2.75, 3.05) is 0 Å². The van der Waals surface area contributed by atoms with Gasteiger partial charge in [-0.25, -0.2) is 5.43 Å². The predicted molar refractivity (Wildman–Crippen MR) is 99.7 cm³/mol. The standard InChI is InChI=1S/C19H16ClN4O2/c1-13(26)23-24-19(9-10-25)12-21-18(14-5-3-2-4-6-14)16-11-15(20)7-8-17(16)22-19/h2-8,11-12,24H,9H2,1H3,(H,23,26). The van der Waals surface area contributed by atoms with Crippen molar-refractivity contribution in [1.29, 1.82) is 0 Å². The molecule has 0 bridgehead atoms. The van der Waals surface area contributed by atoms with Gasteiger partial charge in [-0.2, -0.15) is 0 Å². The fraction of sp³-hybridized carbons (Fsp3) is 0.158. The number of carbonyl (C=O) groups excluding carboxylic acids is 2. The van der Waals surface area contributed by atoms with Crippen molar-refractivity contribution < 1.29 is 9.59 Å². The van der Waals surface area contributed by atoms with E-state index in [9.17, 15) is 9.59 Å². The van der Waals surface area contributed by atoms with E-state index in [1.54, 1.807) is 18.2 Å². The van der Waals surface area contributed by atoms with Gasteiger partial charge >= 0.3 is 0 Å². The third-order valence-electron chi connectivity index (χ3n) is 3.78. The molecule has 131 valence electrons. The normalized spacial score (nSPS) is 18.5. The van der Waals surface area contributed by atoms with E-state index >= 15 is 0 Å².